The number of carboxylic acid groups (broad SMARTS) is 1. The Kier molecular flexibility index (Phi) is 6.63. The van der Waals surface area contributed by atoms with Crippen LogP contribution in [0, 0.1) is 46.3 Å². The minimum Gasteiger partial charge on any atom is -0.481 e. The maximum Gasteiger partial charge on any atom is 0.303 e. The molecule has 0 amide bonds. The fraction of sp³-hybridized carbons (Fsp3) is 0.958. The number of aliphatic hydroxyl groups excluding tert-OH is 1. The number of carbonyl (C=O) groups is 1. The van der Waals surface area contributed by atoms with E-state index in [2.05, 4.69) is 20.8 Å². The summed E-state index contributed by atoms with van der Waals surface area (Å²) in [4.78, 5) is 11.1. The van der Waals surface area contributed by atoms with Crippen LogP contribution < -0.4 is 0 Å². The van der Waals surface area contributed by atoms with Gasteiger partial charge in [-0.15, -0.1) is 0 Å². The Balaban J connectivity index is 1.52. The van der Waals surface area contributed by atoms with E-state index in [1.807, 2.05) is 0 Å². The van der Waals surface area contributed by atoms with Gasteiger partial charge in [-0.3, -0.25) is 13.5 Å². The highest BCUT2D eigenvalue weighted by atomic mass is 32.2. The van der Waals surface area contributed by atoms with E-state index in [0.717, 1.165) is 19.3 Å². The van der Waals surface area contributed by atoms with Crippen molar-refractivity contribution in [2.45, 2.75) is 97.2 Å². The van der Waals surface area contributed by atoms with Gasteiger partial charge in [0.15, 0.2) is 0 Å². The van der Waals surface area contributed by atoms with Crippen molar-refractivity contribution in [2.75, 3.05) is 0 Å². The fourth-order valence-electron chi connectivity index (χ4n) is 8.98. The molecule has 0 heterocycles. The van der Waals surface area contributed by atoms with Crippen molar-refractivity contribution in [2.24, 2.45) is 46.3 Å². The predicted octanol–water partition coefficient (Wildman–Crippen LogP) is 4.64. The van der Waals surface area contributed by atoms with Crippen LogP contribution in [0.3, 0.4) is 0 Å². The highest BCUT2D eigenvalue weighted by molar-refractivity contribution is 7.74. The summed E-state index contributed by atoms with van der Waals surface area (Å²) in [5.41, 5.74) is 0.333. The molecule has 0 saturated heterocycles. The third kappa shape index (κ3) is 4.13. The van der Waals surface area contributed by atoms with Crippen LogP contribution in [0.15, 0.2) is 0 Å². The van der Waals surface area contributed by atoms with Gasteiger partial charge in [-0.1, -0.05) is 20.8 Å². The van der Waals surface area contributed by atoms with Crippen LogP contribution in [0.2, 0.25) is 0 Å². The largest absolute Gasteiger partial charge is 0.481 e. The van der Waals surface area contributed by atoms with Crippen LogP contribution in [-0.4, -0.2) is 37.2 Å². The summed E-state index contributed by atoms with van der Waals surface area (Å²) in [6.45, 7) is 7.08. The van der Waals surface area contributed by atoms with Crippen LogP contribution in [0.25, 0.3) is 0 Å². The molecule has 4 fully saturated rings. The first-order valence-corrected chi connectivity index (χ1v) is 13.3. The first-order chi connectivity index (χ1) is 14.6. The second-order valence-electron chi connectivity index (χ2n) is 11.7. The molecule has 6 nitrogen and oxygen atoms in total. The van der Waals surface area contributed by atoms with Crippen molar-refractivity contribution in [1.29, 1.82) is 0 Å². The minimum atomic E-state index is -2.35. The third-order valence-electron chi connectivity index (χ3n) is 10.4. The zero-order valence-corrected chi connectivity index (χ0v) is 20.0. The lowest BCUT2D eigenvalue weighted by atomic mass is 9.44. The van der Waals surface area contributed by atoms with Crippen molar-refractivity contribution in [3.63, 3.8) is 0 Å². The van der Waals surface area contributed by atoms with E-state index in [-0.39, 0.29) is 11.8 Å². The topological polar surface area (TPSA) is 104 Å². The molecular formula is C24H40O6S. The number of rotatable bonds is 6. The van der Waals surface area contributed by atoms with E-state index in [4.69, 9.17) is 9.29 Å². The Hall–Kier alpha value is -0.500. The molecular weight excluding hydrogens is 416 g/mol. The Bertz CT molecular complexity index is 714. The van der Waals surface area contributed by atoms with E-state index in [9.17, 15) is 18.7 Å². The first-order valence-electron chi connectivity index (χ1n) is 12.2. The molecule has 31 heavy (non-hydrogen) atoms. The Morgan fingerprint density at radius 3 is 2.52 bits per heavy atom. The van der Waals surface area contributed by atoms with Gasteiger partial charge >= 0.3 is 17.3 Å². The minimum absolute atomic E-state index is 0.0422. The Labute approximate surface area is 189 Å². The molecule has 4 rings (SSSR count). The molecule has 4 saturated carbocycles. The van der Waals surface area contributed by atoms with E-state index in [1.165, 1.54) is 25.7 Å². The molecule has 7 heteroatoms. The molecule has 0 spiro atoms. The summed E-state index contributed by atoms with van der Waals surface area (Å²) >= 11 is -2.35. The summed E-state index contributed by atoms with van der Waals surface area (Å²) in [6, 6.07) is 0. The van der Waals surface area contributed by atoms with Crippen molar-refractivity contribution in [3.05, 3.63) is 0 Å². The van der Waals surface area contributed by atoms with Crippen molar-refractivity contribution in [3.8, 4) is 0 Å². The lowest BCUT2D eigenvalue weighted by Crippen LogP contribution is -2.57. The summed E-state index contributed by atoms with van der Waals surface area (Å²) < 4.78 is 25.8. The van der Waals surface area contributed by atoms with Crippen LogP contribution in [0.5, 0.6) is 0 Å². The second-order valence-corrected chi connectivity index (χ2v) is 12.3. The number of fused-ring (bicyclic) bond motifs is 5. The van der Waals surface area contributed by atoms with E-state index in [0.29, 0.717) is 53.8 Å². The number of aliphatic carboxylic acids is 1. The molecule has 0 radical (unpaired) electrons. The fourth-order valence-corrected chi connectivity index (χ4v) is 9.39. The van der Waals surface area contributed by atoms with Crippen molar-refractivity contribution >= 4 is 17.3 Å². The van der Waals surface area contributed by atoms with Gasteiger partial charge in [-0.25, -0.2) is 0 Å². The Morgan fingerprint density at radius 2 is 1.84 bits per heavy atom. The molecule has 178 valence electrons. The molecule has 0 aliphatic heterocycles. The van der Waals surface area contributed by atoms with Gasteiger partial charge in [0.05, 0.1) is 6.10 Å². The predicted molar refractivity (Wildman–Crippen MR) is 118 cm³/mol. The van der Waals surface area contributed by atoms with E-state index in [1.54, 1.807) is 0 Å². The molecule has 0 bridgehead atoms. The monoisotopic (exact) mass is 456 g/mol. The van der Waals surface area contributed by atoms with Crippen LogP contribution >= 0.6 is 0 Å². The van der Waals surface area contributed by atoms with Crippen LogP contribution in [-0.2, 0) is 20.3 Å². The van der Waals surface area contributed by atoms with Crippen LogP contribution in [0.4, 0.5) is 0 Å². The van der Waals surface area contributed by atoms with Gasteiger partial charge in [0, 0.05) is 6.42 Å². The van der Waals surface area contributed by atoms with E-state index < -0.39 is 29.5 Å². The third-order valence-corrected chi connectivity index (χ3v) is 10.9. The highest BCUT2D eigenvalue weighted by Gasteiger charge is 2.61. The lowest BCUT2D eigenvalue weighted by molar-refractivity contribution is -0.155. The zero-order chi connectivity index (χ0) is 22.6. The lowest BCUT2D eigenvalue weighted by Gasteiger charge is -2.61. The van der Waals surface area contributed by atoms with Gasteiger partial charge in [0.25, 0.3) is 0 Å². The molecule has 4 aliphatic rings. The standard InChI is InChI=1S/C24H40O6S/c1-14(4-9-22(26)27)17-7-8-18-16-6-5-15-12-20(25)21(30-31(28)29)13-24(15,3)19(16)10-11-23(17,18)2/h14-21,25H,4-13H2,1-3H3,(H,26,27)(H,28,29)/t14-,15-,16+,17-,18+,19+,20+,21?,23-,24+/m1/s1. The average Bonchev–Trinajstić information content (AvgIpc) is 3.04. The van der Waals surface area contributed by atoms with Crippen LogP contribution in [0.1, 0.15) is 85.0 Å². The number of hydrogen-bond acceptors (Lipinski definition) is 4. The maximum absolute atomic E-state index is 11.3. The van der Waals surface area contributed by atoms with Crippen molar-refractivity contribution < 1.29 is 28.0 Å². The summed E-state index contributed by atoms with van der Waals surface area (Å²) in [6.07, 6.45) is 8.26. The molecule has 0 aromatic carbocycles. The Morgan fingerprint density at radius 1 is 1.13 bits per heavy atom. The molecule has 0 aromatic heterocycles. The summed E-state index contributed by atoms with van der Waals surface area (Å²) in [5, 5.41) is 19.7. The quantitative estimate of drug-likeness (QED) is 0.503. The van der Waals surface area contributed by atoms with Gasteiger partial charge in [-0.05, 0) is 104 Å². The zero-order valence-electron chi connectivity index (χ0n) is 19.2. The van der Waals surface area contributed by atoms with Gasteiger partial charge in [-0.2, -0.15) is 4.21 Å². The summed E-state index contributed by atoms with van der Waals surface area (Å²) in [5.74, 6) is 2.71. The summed E-state index contributed by atoms with van der Waals surface area (Å²) in [7, 11) is 0. The normalized spacial score (nSPS) is 48.9. The average molecular weight is 457 g/mol. The molecule has 3 N–H and O–H groups in total. The molecule has 4 aliphatic carbocycles. The van der Waals surface area contributed by atoms with Gasteiger partial charge < -0.3 is 10.2 Å². The molecule has 11 atom stereocenters. The highest BCUT2D eigenvalue weighted by Crippen LogP contribution is 2.68. The number of aliphatic hydroxyl groups is 1. The SMILES string of the molecule is C[C@H](CCC(=O)O)[C@H]1CC[C@H]2[C@@H]3CC[C@@H]4C[C@H](O)C(OS(=O)O)C[C@]4(C)[C@H]3CC[C@]12C. The van der Waals surface area contributed by atoms with Crippen molar-refractivity contribution in [1.82, 2.24) is 0 Å². The van der Waals surface area contributed by atoms with Gasteiger partial charge in [0.2, 0.25) is 0 Å². The first kappa shape index (κ1) is 23.7. The maximum atomic E-state index is 11.3. The van der Waals surface area contributed by atoms with E-state index >= 15 is 0 Å². The number of carboxylic acids is 1. The van der Waals surface area contributed by atoms with Gasteiger partial charge in [0.1, 0.15) is 6.10 Å². The molecule has 2 unspecified atom stereocenters. The number of hydrogen-bond donors (Lipinski definition) is 3. The second kappa shape index (κ2) is 8.69. The smallest absolute Gasteiger partial charge is 0.303 e. The molecule has 0 aromatic rings.